The van der Waals surface area contributed by atoms with Gasteiger partial charge in [0.2, 0.25) is 10.0 Å². The summed E-state index contributed by atoms with van der Waals surface area (Å²) >= 11 is 12.0. The Bertz CT molecular complexity index is 634. The van der Waals surface area contributed by atoms with Gasteiger partial charge in [-0.05, 0) is 31.0 Å². The Morgan fingerprint density at radius 2 is 2.00 bits per heavy atom. The number of aliphatic hydroxyl groups excluding tert-OH is 1. The Hall–Kier alpha value is -0.860. The minimum absolute atomic E-state index is 0.0388. The number of carbonyl (C=O) groups excluding carboxylic acids is 1. The van der Waals surface area contributed by atoms with Gasteiger partial charge in [-0.2, -0.15) is 0 Å². The van der Waals surface area contributed by atoms with Gasteiger partial charge in [0.25, 0.3) is 0 Å². The van der Waals surface area contributed by atoms with Gasteiger partial charge in [-0.3, -0.25) is 0 Å². The van der Waals surface area contributed by atoms with E-state index >= 15 is 0 Å². The summed E-state index contributed by atoms with van der Waals surface area (Å²) in [5.41, 5.74) is 0.786. The highest BCUT2D eigenvalue weighted by molar-refractivity contribution is 7.89. The third-order valence-electron chi connectivity index (χ3n) is 2.80. The third kappa shape index (κ3) is 4.08. The molecule has 0 fully saturated rings. The normalized spacial score (nSPS) is 13.0. The second-order valence-electron chi connectivity index (χ2n) is 4.33. The molecule has 21 heavy (non-hydrogen) atoms. The van der Waals surface area contributed by atoms with Crippen LogP contribution in [0.2, 0.25) is 10.0 Å². The molecule has 118 valence electrons. The van der Waals surface area contributed by atoms with E-state index in [4.69, 9.17) is 23.2 Å². The van der Waals surface area contributed by atoms with Gasteiger partial charge >= 0.3 is 5.97 Å². The van der Waals surface area contributed by atoms with Gasteiger partial charge in [0, 0.05) is 11.6 Å². The molecule has 0 heterocycles. The molecule has 0 aromatic heterocycles. The first kappa shape index (κ1) is 18.2. The predicted octanol–water partition coefficient (Wildman–Crippen LogP) is 1.42. The van der Waals surface area contributed by atoms with Gasteiger partial charge in [-0.15, -0.1) is 0 Å². The molecule has 1 unspecified atom stereocenters. The fourth-order valence-electron chi connectivity index (χ4n) is 1.61. The first-order valence-corrected chi connectivity index (χ1v) is 8.06. The number of ether oxygens (including phenoxy) is 1. The zero-order valence-corrected chi connectivity index (χ0v) is 13.9. The minimum atomic E-state index is -4.04. The van der Waals surface area contributed by atoms with Crippen molar-refractivity contribution in [2.45, 2.75) is 24.8 Å². The van der Waals surface area contributed by atoms with E-state index in [0.29, 0.717) is 5.56 Å². The smallest absolute Gasteiger partial charge is 0.336 e. The maximum atomic E-state index is 12.3. The molecule has 1 atom stereocenters. The van der Waals surface area contributed by atoms with Crippen LogP contribution in [0.1, 0.15) is 11.1 Å². The van der Waals surface area contributed by atoms with Crippen molar-refractivity contribution in [1.82, 2.24) is 4.72 Å². The number of hydrogen-bond acceptors (Lipinski definition) is 5. The molecule has 1 rings (SSSR count). The highest BCUT2D eigenvalue weighted by atomic mass is 35.5. The van der Waals surface area contributed by atoms with Gasteiger partial charge < -0.3 is 9.84 Å². The second-order valence-corrected chi connectivity index (χ2v) is 6.82. The lowest BCUT2D eigenvalue weighted by molar-refractivity contribution is -0.149. The number of rotatable bonds is 5. The first-order chi connectivity index (χ1) is 9.61. The fraction of sp³-hybridized carbons (Fsp3) is 0.417. The van der Waals surface area contributed by atoms with Crippen LogP contribution in [0.3, 0.4) is 0 Å². The molecule has 0 saturated heterocycles. The average molecular weight is 356 g/mol. The van der Waals surface area contributed by atoms with E-state index in [1.54, 1.807) is 13.0 Å². The summed E-state index contributed by atoms with van der Waals surface area (Å²) in [5, 5.41) is 9.71. The van der Waals surface area contributed by atoms with Crippen LogP contribution < -0.4 is 4.72 Å². The van der Waals surface area contributed by atoms with Gasteiger partial charge in [-0.1, -0.05) is 23.2 Å². The van der Waals surface area contributed by atoms with Crippen molar-refractivity contribution in [3.8, 4) is 0 Å². The molecule has 0 radical (unpaired) electrons. The number of nitrogens with one attached hydrogen (secondary N) is 1. The number of halogens is 2. The molecule has 1 aromatic carbocycles. The number of sulfonamides is 1. The number of benzene rings is 1. The van der Waals surface area contributed by atoms with Crippen molar-refractivity contribution >= 4 is 39.2 Å². The minimum Gasteiger partial charge on any atom is -0.467 e. The van der Waals surface area contributed by atoms with E-state index in [0.717, 1.165) is 7.11 Å². The summed E-state index contributed by atoms with van der Waals surface area (Å²) in [6.07, 6.45) is -1.61. The first-order valence-electron chi connectivity index (χ1n) is 5.82. The van der Waals surface area contributed by atoms with Crippen LogP contribution in [0.5, 0.6) is 0 Å². The average Bonchev–Trinajstić information content (AvgIpc) is 2.41. The summed E-state index contributed by atoms with van der Waals surface area (Å²) in [6.45, 7) is 2.60. The number of methoxy groups -OCH3 is 1. The second kappa shape index (κ2) is 6.93. The Morgan fingerprint density at radius 1 is 1.43 bits per heavy atom. The molecule has 0 aliphatic heterocycles. The van der Waals surface area contributed by atoms with Crippen LogP contribution in [0.25, 0.3) is 0 Å². The monoisotopic (exact) mass is 355 g/mol. The zero-order chi connectivity index (χ0) is 16.4. The maximum Gasteiger partial charge on any atom is 0.336 e. The molecule has 0 aliphatic carbocycles. The Balaban J connectivity index is 3.13. The highest BCUT2D eigenvalue weighted by Gasteiger charge is 2.26. The van der Waals surface area contributed by atoms with Gasteiger partial charge in [0.05, 0.1) is 12.1 Å². The van der Waals surface area contributed by atoms with Crippen molar-refractivity contribution in [3.63, 3.8) is 0 Å². The van der Waals surface area contributed by atoms with Crippen LogP contribution in [-0.2, 0) is 19.6 Å². The third-order valence-corrected chi connectivity index (χ3v) is 5.38. The Kier molecular flexibility index (Phi) is 6.01. The lowest BCUT2D eigenvalue weighted by Crippen LogP contribution is -2.37. The van der Waals surface area contributed by atoms with E-state index in [1.165, 1.54) is 6.92 Å². The van der Waals surface area contributed by atoms with Gasteiger partial charge in [-0.25, -0.2) is 17.9 Å². The number of hydrogen-bond donors (Lipinski definition) is 2. The molecule has 6 nitrogen and oxygen atoms in total. The fourth-order valence-corrected chi connectivity index (χ4v) is 3.86. The number of aryl methyl sites for hydroxylation is 1. The van der Waals surface area contributed by atoms with Crippen molar-refractivity contribution in [2.24, 2.45) is 0 Å². The molecular weight excluding hydrogens is 341 g/mol. The van der Waals surface area contributed by atoms with Crippen LogP contribution >= 0.6 is 23.2 Å². The molecular formula is C12H15Cl2NO5S. The summed E-state index contributed by atoms with van der Waals surface area (Å²) < 4.78 is 31.0. The maximum absolute atomic E-state index is 12.3. The van der Waals surface area contributed by atoms with E-state index in [2.05, 4.69) is 9.46 Å². The zero-order valence-electron chi connectivity index (χ0n) is 11.6. The van der Waals surface area contributed by atoms with Gasteiger partial charge in [0.1, 0.15) is 4.90 Å². The lowest BCUT2D eigenvalue weighted by Gasteiger charge is -2.15. The molecule has 0 spiro atoms. The van der Waals surface area contributed by atoms with Crippen LogP contribution in [0.4, 0.5) is 0 Å². The summed E-state index contributed by atoms with van der Waals surface area (Å²) in [6, 6.07) is 1.56. The molecule has 1 aromatic rings. The number of aliphatic hydroxyl groups is 1. The largest absolute Gasteiger partial charge is 0.467 e. The molecule has 9 heteroatoms. The topological polar surface area (TPSA) is 92.7 Å². The Morgan fingerprint density at radius 3 is 2.52 bits per heavy atom. The standard InChI is InChI=1S/C12H15Cl2NO5S/c1-6-4-8(13)7(2)11(10(6)14)21(18,19)15-5-9(16)12(17)20-3/h4,9,15-16H,5H2,1-3H3. The Labute approximate surface area is 133 Å². The molecule has 0 bridgehead atoms. The van der Waals surface area contributed by atoms with E-state index in [-0.39, 0.29) is 20.5 Å². The quantitative estimate of drug-likeness (QED) is 0.779. The predicted molar refractivity (Wildman–Crippen MR) is 79.1 cm³/mol. The van der Waals surface area contributed by atoms with E-state index < -0.39 is 28.6 Å². The summed E-state index contributed by atoms with van der Waals surface area (Å²) in [5.74, 6) is -0.942. The van der Waals surface area contributed by atoms with Crippen molar-refractivity contribution < 1.29 is 23.1 Å². The van der Waals surface area contributed by atoms with Crippen molar-refractivity contribution in [3.05, 3.63) is 27.2 Å². The molecule has 0 aliphatic rings. The highest BCUT2D eigenvalue weighted by Crippen LogP contribution is 2.33. The molecule has 2 N–H and O–H groups in total. The van der Waals surface area contributed by atoms with E-state index in [9.17, 15) is 18.3 Å². The SMILES string of the molecule is COC(=O)C(O)CNS(=O)(=O)c1c(C)c(Cl)cc(C)c1Cl. The molecule has 0 amide bonds. The number of esters is 1. The lowest BCUT2D eigenvalue weighted by atomic mass is 10.2. The van der Waals surface area contributed by atoms with Crippen molar-refractivity contribution in [2.75, 3.05) is 13.7 Å². The van der Waals surface area contributed by atoms with Crippen LogP contribution in [-0.4, -0.2) is 39.3 Å². The summed E-state index contributed by atoms with van der Waals surface area (Å²) in [7, 11) is -2.95. The van der Waals surface area contributed by atoms with E-state index in [1.807, 2.05) is 0 Å². The van der Waals surface area contributed by atoms with Crippen molar-refractivity contribution in [1.29, 1.82) is 0 Å². The van der Waals surface area contributed by atoms with Crippen LogP contribution in [0.15, 0.2) is 11.0 Å². The molecule has 0 saturated carbocycles. The summed E-state index contributed by atoms with van der Waals surface area (Å²) in [4.78, 5) is 10.9. The number of carbonyl (C=O) groups is 1. The van der Waals surface area contributed by atoms with Gasteiger partial charge in [0.15, 0.2) is 6.10 Å². The van der Waals surface area contributed by atoms with Crippen LogP contribution in [0, 0.1) is 13.8 Å².